The lowest BCUT2D eigenvalue weighted by molar-refractivity contribution is 1.31. The van der Waals surface area contributed by atoms with Crippen LogP contribution in [-0.4, -0.2) is 12.0 Å². The topological polar surface area (TPSA) is 24.9 Å². The standard InChI is InChI=1S/C11H12N2/c1-8-4-3-5-9-6-7-13-11(12-2)10(8)9/h3-7H,1-2H3,(H,12,13). The van der Waals surface area contributed by atoms with E-state index in [-0.39, 0.29) is 0 Å². The fourth-order valence-electron chi connectivity index (χ4n) is 1.60. The predicted octanol–water partition coefficient (Wildman–Crippen LogP) is 2.58. The van der Waals surface area contributed by atoms with E-state index < -0.39 is 0 Å². The van der Waals surface area contributed by atoms with E-state index in [0.717, 1.165) is 5.82 Å². The molecule has 1 heterocycles. The number of rotatable bonds is 1. The van der Waals surface area contributed by atoms with Crippen molar-refractivity contribution in [3.8, 4) is 0 Å². The maximum absolute atomic E-state index is 4.28. The van der Waals surface area contributed by atoms with Crippen LogP contribution in [0, 0.1) is 6.92 Å². The fourth-order valence-corrected chi connectivity index (χ4v) is 1.60. The number of benzene rings is 1. The number of pyridine rings is 1. The third-order valence-corrected chi connectivity index (χ3v) is 2.24. The first-order valence-corrected chi connectivity index (χ1v) is 4.35. The molecule has 13 heavy (non-hydrogen) atoms. The summed E-state index contributed by atoms with van der Waals surface area (Å²) in [7, 11) is 1.90. The van der Waals surface area contributed by atoms with Crippen molar-refractivity contribution in [2.45, 2.75) is 6.92 Å². The van der Waals surface area contributed by atoms with Gasteiger partial charge in [0.15, 0.2) is 0 Å². The molecule has 0 fully saturated rings. The van der Waals surface area contributed by atoms with Crippen LogP contribution in [0.5, 0.6) is 0 Å². The summed E-state index contributed by atoms with van der Waals surface area (Å²) in [6, 6.07) is 8.30. The fraction of sp³-hybridized carbons (Fsp3) is 0.182. The van der Waals surface area contributed by atoms with Crippen LogP contribution in [0.1, 0.15) is 5.56 Å². The Morgan fingerprint density at radius 2 is 2.08 bits per heavy atom. The van der Waals surface area contributed by atoms with E-state index >= 15 is 0 Å². The lowest BCUT2D eigenvalue weighted by Gasteiger charge is -2.06. The molecular weight excluding hydrogens is 160 g/mol. The Bertz CT molecular complexity index is 430. The van der Waals surface area contributed by atoms with Crippen molar-refractivity contribution in [3.05, 3.63) is 36.0 Å². The summed E-state index contributed by atoms with van der Waals surface area (Å²) in [5, 5.41) is 5.55. The van der Waals surface area contributed by atoms with Gasteiger partial charge in [0.2, 0.25) is 0 Å². The van der Waals surface area contributed by atoms with Gasteiger partial charge in [-0.3, -0.25) is 0 Å². The minimum atomic E-state index is 0.954. The zero-order valence-electron chi connectivity index (χ0n) is 7.83. The van der Waals surface area contributed by atoms with E-state index in [9.17, 15) is 0 Å². The van der Waals surface area contributed by atoms with Gasteiger partial charge in [0.25, 0.3) is 0 Å². The van der Waals surface area contributed by atoms with Crippen LogP contribution in [0.25, 0.3) is 10.8 Å². The number of fused-ring (bicyclic) bond motifs is 1. The van der Waals surface area contributed by atoms with Crippen molar-refractivity contribution < 1.29 is 0 Å². The molecule has 2 rings (SSSR count). The summed E-state index contributed by atoms with van der Waals surface area (Å²) in [6.07, 6.45) is 1.83. The molecule has 0 bridgehead atoms. The van der Waals surface area contributed by atoms with Gasteiger partial charge in [-0.2, -0.15) is 0 Å². The van der Waals surface area contributed by atoms with Gasteiger partial charge in [0, 0.05) is 18.6 Å². The number of anilines is 1. The summed E-state index contributed by atoms with van der Waals surface area (Å²) in [5.74, 6) is 0.954. The van der Waals surface area contributed by atoms with Crippen LogP contribution in [0.4, 0.5) is 5.82 Å². The largest absolute Gasteiger partial charge is 0.373 e. The van der Waals surface area contributed by atoms with Gasteiger partial charge in [-0.05, 0) is 23.9 Å². The highest BCUT2D eigenvalue weighted by molar-refractivity contribution is 5.94. The molecule has 1 aromatic heterocycles. The van der Waals surface area contributed by atoms with Crippen molar-refractivity contribution in [2.75, 3.05) is 12.4 Å². The summed E-state index contributed by atoms with van der Waals surface area (Å²) < 4.78 is 0. The molecule has 0 spiro atoms. The van der Waals surface area contributed by atoms with E-state index in [1.54, 1.807) is 0 Å². The summed E-state index contributed by atoms with van der Waals surface area (Å²) in [5.41, 5.74) is 1.26. The van der Waals surface area contributed by atoms with Gasteiger partial charge >= 0.3 is 0 Å². The molecule has 0 aliphatic carbocycles. The van der Waals surface area contributed by atoms with Crippen LogP contribution in [0.15, 0.2) is 30.5 Å². The molecule has 0 radical (unpaired) electrons. The molecule has 2 aromatic rings. The molecular formula is C11H12N2. The maximum Gasteiger partial charge on any atom is 0.133 e. The van der Waals surface area contributed by atoms with Gasteiger partial charge in [0.1, 0.15) is 5.82 Å². The highest BCUT2D eigenvalue weighted by Gasteiger charge is 2.01. The quantitative estimate of drug-likeness (QED) is 0.715. The van der Waals surface area contributed by atoms with Gasteiger partial charge in [0.05, 0.1) is 0 Å². The Kier molecular flexibility index (Phi) is 1.89. The summed E-state index contributed by atoms with van der Waals surface area (Å²) in [4.78, 5) is 4.28. The Balaban J connectivity index is 2.87. The Hall–Kier alpha value is -1.57. The van der Waals surface area contributed by atoms with Crippen LogP contribution in [-0.2, 0) is 0 Å². The van der Waals surface area contributed by atoms with Gasteiger partial charge < -0.3 is 5.32 Å². The molecule has 2 nitrogen and oxygen atoms in total. The highest BCUT2D eigenvalue weighted by atomic mass is 14.9. The molecule has 0 unspecified atom stereocenters. The molecule has 1 aromatic carbocycles. The Morgan fingerprint density at radius 3 is 2.85 bits per heavy atom. The van der Waals surface area contributed by atoms with E-state index in [2.05, 4.69) is 35.4 Å². The number of nitrogens with one attached hydrogen (secondary N) is 1. The summed E-state index contributed by atoms with van der Waals surface area (Å²) >= 11 is 0. The second-order valence-corrected chi connectivity index (χ2v) is 3.08. The first-order chi connectivity index (χ1) is 6.33. The van der Waals surface area contributed by atoms with E-state index in [4.69, 9.17) is 0 Å². The smallest absolute Gasteiger partial charge is 0.133 e. The number of aromatic nitrogens is 1. The molecule has 1 N–H and O–H groups in total. The number of nitrogens with zero attached hydrogens (tertiary/aromatic N) is 1. The second-order valence-electron chi connectivity index (χ2n) is 3.08. The van der Waals surface area contributed by atoms with Gasteiger partial charge in [-0.15, -0.1) is 0 Å². The molecule has 0 amide bonds. The number of aryl methyl sites for hydroxylation is 1. The highest BCUT2D eigenvalue weighted by Crippen LogP contribution is 2.23. The SMILES string of the molecule is CNc1nccc2cccc(C)c12. The first-order valence-electron chi connectivity index (χ1n) is 4.35. The lowest BCUT2D eigenvalue weighted by Crippen LogP contribution is -1.93. The molecule has 0 aliphatic rings. The molecule has 0 saturated carbocycles. The number of hydrogen-bond donors (Lipinski definition) is 1. The molecule has 66 valence electrons. The average Bonchev–Trinajstić information content (AvgIpc) is 2.17. The zero-order valence-corrected chi connectivity index (χ0v) is 7.83. The van der Waals surface area contributed by atoms with Gasteiger partial charge in [-0.25, -0.2) is 4.98 Å². The third kappa shape index (κ3) is 1.24. The Morgan fingerprint density at radius 1 is 1.23 bits per heavy atom. The van der Waals surface area contributed by atoms with Crippen LogP contribution in [0.2, 0.25) is 0 Å². The van der Waals surface area contributed by atoms with E-state index in [1.165, 1.54) is 16.3 Å². The third-order valence-electron chi connectivity index (χ3n) is 2.24. The number of hydrogen-bond acceptors (Lipinski definition) is 2. The van der Waals surface area contributed by atoms with Crippen molar-refractivity contribution in [2.24, 2.45) is 0 Å². The minimum absolute atomic E-state index is 0.954. The summed E-state index contributed by atoms with van der Waals surface area (Å²) in [6.45, 7) is 2.10. The first kappa shape index (κ1) is 8.05. The minimum Gasteiger partial charge on any atom is -0.373 e. The van der Waals surface area contributed by atoms with Crippen LogP contribution < -0.4 is 5.32 Å². The maximum atomic E-state index is 4.28. The van der Waals surface area contributed by atoms with Crippen molar-refractivity contribution >= 4 is 16.6 Å². The predicted molar refractivity (Wildman–Crippen MR) is 56.0 cm³/mol. The van der Waals surface area contributed by atoms with Crippen molar-refractivity contribution in [1.82, 2.24) is 4.98 Å². The monoisotopic (exact) mass is 172 g/mol. The van der Waals surface area contributed by atoms with Gasteiger partial charge in [-0.1, -0.05) is 18.2 Å². The van der Waals surface area contributed by atoms with E-state index in [1.807, 2.05) is 19.3 Å². The van der Waals surface area contributed by atoms with Crippen molar-refractivity contribution in [1.29, 1.82) is 0 Å². The average molecular weight is 172 g/mol. The molecule has 2 heteroatoms. The van der Waals surface area contributed by atoms with E-state index in [0.29, 0.717) is 0 Å². The molecule has 0 saturated heterocycles. The zero-order chi connectivity index (χ0) is 9.26. The van der Waals surface area contributed by atoms with Crippen LogP contribution >= 0.6 is 0 Å². The molecule has 0 aliphatic heterocycles. The van der Waals surface area contributed by atoms with Crippen LogP contribution in [0.3, 0.4) is 0 Å². The lowest BCUT2D eigenvalue weighted by atomic mass is 10.1. The van der Waals surface area contributed by atoms with Crippen molar-refractivity contribution in [3.63, 3.8) is 0 Å². The Labute approximate surface area is 77.6 Å². The second kappa shape index (κ2) is 3.05. The normalized spacial score (nSPS) is 10.3. The molecule has 0 atom stereocenters.